The summed E-state index contributed by atoms with van der Waals surface area (Å²) in [5.41, 5.74) is 6.49. The first-order valence-corrected chi connectivity index (χ1v) is 7.87. The van der Waals surface area contributed by atoms with Crippen molar-refractivity contribution in [1.82, 2.24) is 9.36 Å². The maximum absolute atomic E-state index is 12.1. The topological polar surface area (TPSA) is 80.9 Å². The quantitative estimate of drug-likeness (QED) is 0.652. The highest BCUT2D eigenvalue weighted by Gasteiger charge is 2.18. The van der Waals surface area contributed by atoms with E-state index < -0.39 is 0 Å². The smallest absolute Gasteiger partial charge is 0.237 e. The Labute approximate surface area is 134 Å². The molecule has 0 aliphatic rings. The SMILES string of the molecule is CC(Sc1ncns1)C(=O)Nc1c(N)cc(Cl)cc1Cl. The van der Waals surface area contributed by atoms with Gasteiger partial charge in [0.1, 0.15) is 6.33 Å². The predicted octanol–water partition coefficient (Wildman–Crippen LogP) is 3.55. The zero-order valence-electron chi connectivity index (χ0n) is 10.3. The van der Waals surface area contributed by atoms with Crippen molar-refractivity contribution in [3.05, 3.63) is 28.5 Å². The number of carbonyl (C=O) groups excluding carboxylic acids is 1. The molecule has 1 heterocycles. The van der Waals surface area contributed by atoms with Gasteiger partial charge in [-0.3, -0.25) is 4.79 Å². The molecule has 0 aliphatic heterocycles. The van der Waals surface area contributed by atoms with Crippen molar-refractivity contribution in [2.75, 3.05) is 11.1 Å². The fraction of sp³-hybridized carbons (Fsp3) is 0.182. The molecule has 2 aromatic rings. The summed E-state index contributed by atoms with van der Waals surface area (Å²) in [6.45, 7) is 1.77. The van der Waals surface area contributed by atoms with Gasteiger partial charge in [-0.1, -0.05) is 35.0 Å². The van der Waals surface area contributed by atoms with E-state index in [9.17, 15) is 4.79 Å². The lowest BCUT2D eigenvalue weighted by Crippen LogP contribution is -2.23. The normalized spacial score (nSPS) is 12.2. The second-order valence-electron chi connectivity index (χ2n) is 3.81. The highest BCUT2D eigenvalue weighted by Crippen LogP contribution is 2.33. The number of nitrogens with zero attached hydrogens (tertiary/aromatic N) is 2. The van der Waals surface area contributed by atoms with Crippen molar-refractivity contribution >= 4 is 63.8 Å². The number of rotatable bonds is 4. The number of carbonyl (C=O) groups is 1. The van der Waals surface area contributed by atoms with Crippen LogP contribution in [0.25, 0.3) is 0 Å². The van der Waals surface area contributed by atoms with Crippen molar-refractivity contribution in [2.24, 2.45) is 0 Å². The van der Waals surface area contributed by atoms with Crippen molar-refractivity contribution in [3.63, 3.8) is 0 Å². The highest BCUT2D eigenvalue weighted by atomic mass is 35.5. The molecule has 2 rings (SSSR count). The van der Waals surface area contributed by atoms with Crippen LogP contribution in [0.1, 0.15) is 6.92 Å². The van der Waals surface area contributed by atoms with Crippen LogP contribution in [-0.2, 0) is 4.79 Å². The standard InChI is InChI=1S/C11H10Cl2N4OS2/c1-5(19-11-15-4-16-20-11)10(18)17-9-7(13)2-6(12)3-8(9)14/h2-5H,14H2,1H3,(H,17,18). The number of hydrogen-bond donors (Lipinski definition) is 2. The van der Waals surface area contributed by atoms with E-state index in [-0.39, 0.29) is 11.2 Å². The van der Waals surface area contributed by atoms with Crippen LogP contribution in [0.5, 0.6) is 0 Å². The number of benzene rings is 1. The van der Waals surface area contributed by atoms with Gasteiger partial charge in [0, 0.05) is 5.02 Å². The van der Waals surface area contributed by atoms with Gasteiger partial charge in [0.25, 0.3) is 0 Å². The molecule has 0 aliphatic carbocycles. The summed E-state index contributed by atoms with van der Waals surface area (Å²) < 4.78 is 4.60. The van der Waals surface area contributed by atoms with E-state index in [0.717, 1.165) is 4.34 Å². The second kappa shape index (κ2) is 6.62. The fourth-order valence-electron chi connectivity index (χ4n) is 1.37. The minimum atomic E-state index is -0.353. The molecule has 20 heavy (non-hydrogen) atoms. The molecule has 0 fully saturated rings. The van der Waals surface area contributed by atoms with Gasteiger partial charge < -0.3 is 11.1 Å². The maximum Gasteiger partial charge on any atom is 0.237 e. The summed E-state index contributed by atoms with van der Waals surface area (Å²) in [6, 6.07) is 3.06. The van der Waals surface area contributed by atoms with Gasteiger partial charge in [0.05, 0.1) is 21.6 Å². The lowest BCUT2D eigenvalue weighted by Gasteiger charge is -2.13. The Morgan fingerprint density at radius 1 is 1.50 bits per heavy atom. The van der Waals surface area contributed by atoms with Crippen LogP contribution < -0.4 is 11.1 Å². The van der Waals surface area contributed by atoms with Crippen LogP contribution in [0.2, 0.25) is 10.0 Å². The highest BCUT2D eigenvalue weighted by molar-refractivity contribution is 8.02. The Hall–Kier alpha value is -1.02. The average Bonchev–Trinajstić information content (AvgIpc) is 2.86. The van der Waals surface area contributed by atoms with Crippen LogP contribution >= 0.6 is 46.5 Å². The minimum absolute atomic E-state index is 0.221. The van der Waals surface area contributed by atoms with E-state index in [2.05, 4.69) is 14.7 Å². The first kappa shape index (κ1) is 15.4. The van der Waals surface area contributed by atoms with Crippen LogP contribution in [-0.4, -0.2) is 20.5 Å². The summed E-state index contributed by atoms with van der Waals surface area (Å²) in [6.07, 6.45) is 1.45. The number of hydrogen-bond acceptors (Lipinski definition) is 6. The molecule has 0 saturated heterocycles. The Kier molecular flexibility index (Phi) is 5.09. The minimum Gasteiger partial charge on any atom is -0.397 e. The van der Waals surface area contributed by atoms with Crippen LogP contribution in [0.3, 0.4) is 0 Å². The van der Waals surface area contributed by atoms with E-state index >= 15 is 0 Å². The average molecular weight is 349 g/mol. The maximum atomic E-state index is 12.1. The van der Waals surface area contributed by atoms with Crippen molar-refractivity contribution in [2.45, 2.75) is 16.5 Å². The molecule has 1 unspecified atom stereocenters. The number of nitrogens with one attached hydrogen (secondary N) is 1. The third-order valence-electron chi connectivity index (χ3n) is 2.32. The molecule has 0 radical (unpaired) electrons. The molecule has 9 heteroatoms. The third kappa shape index (κ3) is 3.76. The number of nitrogen functional groups attached to an aromatic ring is 1. The lowest BCUT2D eigenvalue weighted by atomic mass is 10.2. The van der Waals surface area contributed by atoms with Gasteiger partial charge >= 0.3 is 0 Å². The number of amides is 1. The molecule has 0 bridgehead atoms. The second-order valence-corrected chi connectivity index (χ2v) is 7.02. The molecule has 0 spiro atoms. The zero-order chi connectivity index (χ0) is 14.7. The summed E-state index contributed by atoms with van der Waals surface area (Å²) in [7, 11) is 0. The molecule has 5 nitrogen and oxygen atoms in total. The molecular formula is C11H10Cl2N4OS2. The number of aromatic nitrogens is 2. The molecule has 3 N–H and O–H groups in total. The first-order valence-electron chi connectivity index (χ1n) is 5.46. The van der Waals surface area contributed by atoms with Gasteiger partial charge in [-0.25, -0.2) is 4.98 Å². The Balaban J connectivity index is 2.08. The molecule has 106 valence electrons. The van der Waals surface area contributed by atoms with Gasteiger partial charge in [0.15, 0.2) is 4.34 Å². The van der Waals surface area contributed by atoms with Crippen LogP contribution in [0.4, 0.5) is 11.4 Å². The third-order valence-corrected chi connectivity index (χ3v) is 4.69. The molecule has 1 aromatic carbocycles. The van der Waals surface area contributed by atoms with E-state index in [1.165, 1.54) is 41.8 Å². The zero-order valence-corrected chi connectivity index (χ0v) is 13.4. The molecular weight excluding hydrogens is 339 g/mol. The van der Waals surface area contributed by atoms with E-state index in [0.29, 0.717) is 21.4 Å². The van der Waals surface area contributed by atoms with E-state index in [4.69, 9.17) is 28.9 Å². The molecule has 1 atom stereocenters. The van der Waals surface area contributed by atoms with Gasteiger partial charge in [-0.05, 0) is 30.6 Å². The van der Waals surface area contributed by atoms with Crippen molar-refractivity contribution in [3.8, 4) is 0 Å². The van der Waals surface area contributed by atoms with E-state index in [1.54, 1.807) is 6.92 Å². The lowest BCUT2D eigenvalue weighted by molar-refractivity contribution is -0.115. The number of halogens is 2. The summed E-state index contributed by atoms with van der Waals surface area (Å²) in [5, 5.41) is 3.07. The molecule has 1 aromatic heterocycles. The Morgan fingerprint density at radius 2 is 2.25 bits per heavy atom. The molecule has 0 saturated carbocycles. The van der Waals surface area contributed by atoms with Gasteiger partial charge in [0.2, 0.25) is 5.91 Å². The summed E-state index contributed by atoms with van der Waals surface area (Å²) in [5.74, 6) is -0.221. The van der Waals surface area contributed by atoms with Crippen molar-refractivity contribution in [1.29, 1.82) is 0 Å². The monoisotopic (exact) mass is 348 g/mol. The van der Waals surface area contributed by atoms with Gasteiger partial charge in [-0.15, -0.1) is 0 Å². The number of anilines is 2. The number of thioether (sulfide) groups is 1. The largest absolute Gasteiger partial charge is 0.397 e. The summed E-state index contributed by atoms with van der Waals surface area (Å²) >= 11 is 14.4. The Morgan fingerprint density at radius 3 is 2.85 bits per heavy atom. The fourth-order valence-corrected chi connectivity index (χ4v) is 3.52. The van der Waals surface area contributed by atoms with E-state index in [1.807, 2.05) is 0 Å². The molecule has 1 amide bonds. The van der Waals surface area contributed by atoms with Crippen molar-refractivity contribution < 1.29 is 4.79 Å². The first-order chi connectivity index (χ1) is 9.47. The number of nitrogens with two attached hydrogens (primary N) is 1. The van der Waals surface area contributed by atoms with Crippen LogP contribution in [0.15, 0.2) is 22.8 Å². The van der Waals surface area contributed by atoms with Gasteiger partial charge in [-0.2, -0.15) is 4.37 Å². The summed E-state index contributed by atoms with van der Waals surface area (Å²) in [4.78, 5) is 16.1. The predicted molar refractivity (Wildman–Crippen MR) is 84.7 cm³/mol. The Bertz CT molecular complexity index is 598. The van der Waals surface area contributed by atoms with Crippen LogP contribution in [0, 0.1) is 0 Å².